The van der Waals surface area contributed by atoms with Crippen molar-refractivity contribution in [1.82, 2.24) is 0 Å². The lowest BCUT2D eigenvalue weighted by Crippen LogP contribution is -2.15. The minimum absolute atomic E-state index is 0.144. The van der Waals surface area contributed by atoms with Gasteiger partial charge in [0.2, 0.25) is 0 Å². The molecule has 0 aliphatic heterocycles. The average molecular weight is 329 g/mol. The second-order valence-corrected chi connectivity index (χ2v) is 4.66. The van der Waals surface area contributed by atoms with Crippen LogP contribution in [0.1, 0.15) is 20.7 Å². The number of ether oxygens (including phenoxy) is 1. The maximum atomic E-state index is 13.1. The maximum Gasteiger partial charge on any atom is 0.340 e. The first-order valence-corrected chi connectivity index (χ1v) is 6.36. The number of hydrogen-bond acceptors (Lipinski definition) is 3. The number of hydrogen-bond donors (Lipinski definition) is 0. The summed E-state index contributed by atoms with van der Waals surface area (Å²) in [6.07, 6.45) is 0. The van der Waals surface area contributed by atoms with Crippen molar-refractivity contribution < 1.29 is 27.5 Å². The number of carbonyl (C=O) groups excluding carboxylic acids is 2. The van der Waals surface area contributed by atoms with Gasteiger partial charge in [-0.25, -0.2) is 18.0 Å². The number of rotatable bonds is 4. The van der Waals surface area contributed by atoms with E-state index in [1.807, 2.05) is 0 Å². The number of carbonyl (C=O) groups is 2. The van der Waals surface area contributed by atoms with Gasteiger partial charge in [0, 0.05) is 5.56 Å². The molecule has 0 aliphatic rings. The second kappa shape index (κ2) is 6.62. The summed E-state index contributed by atoms with van der Waals surface area (Å²) in [7, 11) is 0. The van der Waals surface area contributed by atoms with Crippen LogP contribution in [0.2, 0.25) is 5.02 Å². The molecule has 3 nitrogen and oxygen atoms in total. The second-order valence-electron chi connectivity index (χ2n) is 4.25. The molecule has 22 heavy (non-hydrogen) atoms. The normalized spacial score (nSPS) is 10.4. The van der Waals surface area contributed by atoms with E-state index in [9.17, 15) is 22.8 Å². The number of Topliss-reactive ketones (excluding diaryl/α,β-unsaturated/α-hetero) is 1. The number of benzene rings is 2. The van der Waals surface area contributed by atoms with Gasteiger partial charge in [-0.15, -0.1) is 0 Å². The lowest BCUT2D eigenvalue weighted by Gasteiger charge is -2.06. The minimum Gasteiger partial charge on any atom is -0.454 e. The Hall–Kier alpha value is -2.34. The Morgan fingerprint density at radius 1 is 1.00 bits per heavy atom. The van der Waals surface area contributed by atoms with E-state index in [1.54, 1.807) is 0 Å². The topological polar surface area (TPSA) is 43.4 Å². The Bertz CT molecular complexity index is 730. The average Bonchev–Trinajstić information content (AvgIpc) is 2.49. The van der Waals surface area contributed by atoms with Crippen molar-refractivity contribution in [1.29, 1.82) is 0 Å². The Morgan fingerprint density at radius 2 is 1.59 bits per heavy atom. The van der Waals surface area contributed by atoms with Crippen LogP contribution in [-0.2, 0) is 4.74 Å². The summed E-state index contributed by atoms with van der Waals surface area (Å²) in [4.78, 5) is 23.4. The zero-order valence-corrected chi connectivity index (χ0v) is 11.7. The molecular weight excluding hydrogens is 321 g/mol. The summed E-state index contributed by atoms with van der Waals surface area (Å²) in [5.74, 6) is -4.63. The van der Waals surface area contributed by atoms with Crippen LogP contribution < -0.4 is 0 Å². The Balaban J connectivity index is 2.05. The highest BCUT2D eigenvalue weighted by atomic mass is 35.5. The molecule has 2 rings (SSSR count). The number of ketones is 1. The molecule has 0 heterocycles. The van der Waals surface area contributed by atoms with E-state index in [-0.39, 0.29) is 10.6 Å². The van der Waals surface area contributed by atoms with E-state index in [0.717, 1.165) is 12.1 Å². The predicted octanol–water partition coefficient (Wildman–Crippen LogP) is 3.80. The van der Waals surface area contributed by atoms with Crippen LogP contribution in [0.15, 0.2) is 36.4 Å². The van der Waals surface area contributed by atoms with Crippen LogP contribution >= 0.6 is 11.6 Å². The Morgan fingerprint density at radius 3 is 2.23 bits per heavy atom. The van der Waals surface area contributed by atoms with Gasteiger partial charge in [0.25, 0.3) is 0 Å². The zero-order chi connectivity index (χ0) is 16.3. The molecular formula is C15H8ClF3O3. The van der Waals surface area contributed by atoms with Gasteiger partial charge in [0.05, 0.1) is 10.6 Å². The quantitative estimate of drug-likeness (QED) is 0.487. The van der Waals surface area contributed by atoms with Crippen molar-refractivity contribution >= 4 is 23.4 Å². The molecule has 0 bridgehead atoms. The van der Waals surface area contributed by atoms with Crippen LogP contribution in [0.3, 0.4) is 0 Å². The van der Waals surface area contributed by atoms with Gasteiger partial charge in [0.1, 0.15) is 5.82 Å². The summed E-state index contributed by atoms with van der Waals surface area (Å²) < 4.78 is 43.4. The van der Waals surface area contributed by atoms with Crippen molar-refractivity contribution in [2.75, 3.05) is 6.61 Å². The Kier molecular flexibility index (Phi) is 4.82. The van der Waals surface area contributed by atoms with Gasteiger partial charge < -0.3 is 4.74 Å². The standard InChI is InChI=1S/C15H8ClF3O3/c16-11-6-13(19)12(18)5-10(11)15(21)22-7-14(20)8-1-3-9(17)4-2-8/h1-6H,7H2. The fourth-order valence-electron chi connectivity index (χ4n) is 1.61. The highest BCUT2D eigenvalue weighted by Crippen LogP contribution is 2.21. The molecule has 0 fully saturated rings. The highest BCUT2D eigenvalue weighted by Gasteiger charge is 2.18. The first kappa shape index (κ1) is 16.0. The third-order valence-corrected chi connectivity index (χ3v) is 3.04. The number of esters is 1. The molecule has 0 aliphatic carbocycles. The fourth-order valence-corrected chi connectivity index (χ4v) is 1.83. The van der Waals surface area contributed by atoms with Gasteiger partial charge >= 0.3 is 5.97 Å². The van der Waals surface area contributed by atoms with Gasteiger partial charge in [-0.2, -0.15) is 0 Å². The first-order valence-electron chi connectivity index (χ1n) is 5.99. The molecule has 2 aromatic carbocycles. The zero-order valence-electron chi connectivity index (χ0n) is 10.9. The molecule has 0 amide bonds. The fraction of sp³-hybridized carbons (Fsp3) is 0.0667. The molecule has 0 N–H and O–H groups in total. The van der Waals surface area contributed by atoms with Crippen molar-refractivity contribution in [3.05, 3.63) is 70.0 Å². The molecule has 0 aromatic heterocycles. The summed E-state index contributed by atoms with van der Waals surface area (Å²) in [5.41, 5.74) is -0.252. The molecule has 0 radical (unpaired) electrons. The highest BCUT2D eigenvalue weighted by molar-refractivity contribution is 6.33. The third-order valence-electron chi connectivity index (χ3n) is 2.73. The summed E-state index contributed by atoms with van der Waals surface area (Å²) >= 11 is 5.61. The summed E-state index contributed by atoms with van der Waals surface area (Å²) in [5, 5.41) is -0.335. The van der Waals surface area contributed by atoms with Crippen molar-refractivity contribution in [3.8, 4) is 0 Å². The van der Waals surface area contributed by atoms with Crippen LogP contribution in [0.4, 0.5) is 13.2 Å². The van der Waals surface area contributed by atoms with Crippen LogP contribution in [-0.4, -0.2) is 18.4 Å². The SMILES string of the molecule is O=C(COC(=O)c1cc(F)c(F)cc1Cl)c1ccc(F)cc1. The monoisotopic (exact) mass is 328 g/mol. The van der Waals surface area contributed by atoms with Crippen molar-refractivity contribution in [2.45, 2.75) is 0 Å². The predicted molar refractivity (Wildman–Crippen MR) is 72.4 cm³/mol. The largest absolute Gasteiger partial charge is 0.454 e. The first-order chi connectivity index (χ1) is 10.4. The minimum atomic E-state index is -1.26. The van der Waals surface area contributed by atoms with Crippen molar-refractivity contribution in [3.63, 3.8) is 0 Å². The van der Waals surface area contributed by atoms with Crippen LogP contribution in [0.25, 0.3) is 0 Å². The molecule has 0 saturated heterocycles. The van der Waals surface area contributed by atoms with E-state index in [4.69, 9.17) is 16.3 Å². The van der Waals surface area contributed by atoms with E-state index >= 15 is 0 Å². The Labute approximate surface area is 128 Å². The summed E-state index contributed by atoms with van der Waals surface area (Å²) in [6, 6.07) is 5.85. The van der Waals surface area contributed by atoms with E-state index in [2.05, 4.69) is 0 Å². The van der Waals surface area contributed by atoms with Crippen molar-refractivity contribution in [2.24, 2.45) is 0 Å². The molecule has 0 spiro atoms. The number of halogens is 4. The molecule has 7 heteroatoms. The maximum absolute atomic E-state index is 13.1. The lowest BCUT2D eigenvalue weighted by atomic mass is 10.1. The molecule has 0 saturated carbocycles. The molecule has 114 valence electrons. The van der Waals surface area contributed by atoms with Crippen LogP contribution in [0.5, 0.6) is 0 Å². The van der Waals surface area contributed by atoms with Gasteiger partial charge in [-0.05, 0) is 36.4 Å². The van der Waals surface area contributed by atoms with Gasteiger partial charge in [0.15, 0.2) is 24.0 Å². The van der Waals surface area contributed by atoms with E-state index in [0.29, 0.717) is 12.1 Å². The van der Waals surface area contributed by atoms with E-state index in [1.165, 1.54) is 12.1 Å². The van der Waals surface area contributed by atoms with E-state index < -0.39 is 41.4 Å². The van der Waals surface area contributed by atoms with Gasteiger partial charge in [-0.1, -0.05) is 11.6 Å². The third kappa shape index (κ3) is 3.65. The molecule has 0 unspecified atom stereocenters. The smallest absolute Gasteiger partial charge is 0.340 e. The van der Waals surface area contributed by atoms with Crippen LogP contribution in [0, 0.1) is 17.5 Å². The molecule has 2 aromatic rings. The van der Waals surface area contributed by atoms with Gasteiger partial charge in [-0.3, -0.25) is 4.79 Å². The molecule has 0 atom stereocenters. The summed E-state index contributed by atoms with van der Waals surface area (Å²) in [6.45, 7) is -0.639. The lowest BCUT2D eigenvalue weighted by molar-refractivity contribution is 0.0474.